The van der Waals surface area contributed by atoms with Crippen molar-refractivity contribution in [3.63, 3.8) is 0 Å². The number of nitrogens with one attached hydrogen (secondary N) is 1. The molecule has 0 aliphatic carbocycles. The Bertz CT molecular complexity index is 666. The molecule has 0 saturated heterocycles. The number of hydrogen-bond donors (Lipinski definition) is 3. The van der Waals surface area contributed by atoms with Crippen molar-refractivity contribution in [2.45, 2.75) is 12.5 Å². The molecule has 7 heteroatoms. The Hall–Kier alpha value is -2.38. The summed E-state index contributed by atoms with van der Waals surface area (Å²) in [4.78, 5) is 22.7. The van der Waals surface area contributed by atoms with Gasteiger partial charge in [-0.3, -0.25) is 9.59 Å². The zero-order valence-electron chi connectivity index (χ0n) is 12.6. The lowest BCUT2D eigenvalue weighted by Gasteiger charge is -2.22. The number of ether oxygens (including phenoxy) is 1. The molecule has 1 atom stereocenters. The molecule has 0 radical (unpaired) electrons. The summed E-state index contributed by atoms with van der Waals surface area (Å²) < 4.78 is 5.12. The fourth-order valence-corrected chi connectivity index (χ4v) is 2.67. The molecule has 2 rings (SSSR count). The molecule has 4 N–H and O–H groups in total. The maximum Gasteiger partial charge on any atom is 0.255 e. The number of thiophene rings is 1. The smallest absolute Gasteiger partial charge is 0.255 e. The number of rotatable bonds is 7. The summed E-state index contributed by atoms with van der Waals surface area (Å²) in [7, 11) is 0. The predicted molar refractivity (Wildman–Crippen MR) is 87.4 cm³/mol. The first-order valence-corrected chi connectivity index (χ1v) is 7.87. The van der Waals surface area contributed by atoms with Gasteiger partial charge in [-0.1, -0.05) is 0 Å². The normalized spacial score (nSPS) is 13.1. The largest absolute Gasteiger partial charge is 0.484 e. The highest BCUT2D eigenvalue weighted by atomic mass is 32.1. The van der Waals surface area contributed by atoms with Crippen LogP contribution in [0.4, 0.5) is 0 Å². The van der Waals surface area contributed by atoms with E-state index in [9.17, 15) is 14.7 Å². The highest BCUT2D eigenvalue weighted by molar-refractivity contribution is 7.08. The van der Waals surface area contributed by atoms with Gasteiger partial charge in [-0.2, -0.15) is 11.3 Å². The van der Waals surface area contributed by atoms with Crippen molar-refractivity contribution in [2.75, 3.05) is 13.2 Å². The minimum atomic E-state index is -1.12. The molecule has 2 aromatic rings. The van der Waals surface area contributed by atoms with Gasteiger partial charge in [0.05, 0.1) is 6.54 Å². The number of hydrogen-bond acceptors (Lipinski definition) is 5. The molecule has 6 nitrogen and oxygen atoms in total. The molecule has 0 aliphatic rings. The summed E-state index contributed by atoms with van der Waals surface area (Å²) in [5.41, 5.74) is 5.05. The van der Waals surface area contributed by atoms with Gasteiger partial charge in [-0.05, 0) is 53.6 Å². The van der Waals surface area contributed by atoms with E-state index in [4.69, 9.17) is 10.5 Å². The van der Waals surface area contributed by atoms with E-state index in [1.165, 1.54) is 11.3 Å². The van der Waals surface area contributed by atoms with Crippen LogP contribution in [0.3, 0.4) is 0 Å². The summed E-state index contributed by atoms with van der Waals surface area (Å²) in [6.45, 7) is 1.54. The summed E-state index contributed by atoms with van der Waals surface area (Å²) >= 11 is 1.49. The van der Waals surface area contributed by atoms with Gasteiger partial charge in [-0.25, -0.2) is 0 Å². The van der Waals surface area contributed by atoms with Crippen molar-refractivity contribution >= 4 is 23.2 Å². The fraction of sp³-hybridized carbons (Fsp3) is 0.250. The molecule has 1 aromatic heterocycles. The first-order chi connectivity index (χ1) is 10.9. The maximum atomic E-state index is 12.1. The van der Waals surface area contributed by atoms with Crippen LogP contribution >= 0.6 is 11.3 Å². The third-order valence-corrected chi connectivity index (χ3v) is 3.92. The van der Waals surface area contributed by atoms with Crippen molar-refractivity contribution in [2.24, 2.45) is 5.73 Å². The highest BCUT2D eigenvalue weighted by Crippen LogP contribution is 2.22. The van der Waals surface area contributed by atoms with Crippen LogP contribution in [0.5, 0.6) is 5.75 Å². The van der Waals surface area contributed by atoms with Crippen LogP contribution in [-0.4, -0.2) is 30.1 Å². The average molecular weight is 334 g/mol. The molecule has 0 unspecified atom stereocenters. The van der Waals surface area contributed by atoms with Gasteiger partial charge < -0.3 is 20.9 Å². The predicted octanol–water partition coefficient (Wildman–Crippen LogP) is 1.25. The minimum absolute atomic E-state index is 0.0997. The van der Waals surface area contributed by atoms with Gasteiger partial charge in [0.15, 0.2) is 6.61 Å². The van der Waals surface area contributed by atoms with Gasteiger partial charge in [-0.15, -0.1) is 0 Å². The first kappa shape index (κ1) is 17.0. The van der Waals surface area contributed by atoms with Crippen molar-refractivity contribution in [3.8, 4) is 5.75 Å². The number of benzene rings is 1. The van der Waals surface area contributed by atoms with E-state index < -0.39 is 11.5 Å². The first-order valence-electron chi connectivity index (χ1n) is 6.93. The van der Waals surface area contributed by atoms with Crippen molar-refractivity contribution in [3.05, 3.63) is 52.2 Å². The van der Waals surface area contributed by atoms with Gasteiger partial charge in [0.1, 0.15) is 11.4 Å². The molecule has 23 heavy (non-hydrogen) atoms. The average Bonchev–Trinajstić information content (AvgIpc) is 3.06. The van der Waals surface area contributed by atoms with E-state index in [2.05, 4.69) is 5.32 Å². The molecule has 0 spiro atoms. The SMILES string of the molecule is C[C@](O)(CNC(=O)c1ccc(OCC(N)=O)cc1)c1ccsc1. The molecular weight excluding hydrogens is 316 g/mol. The molecule has 2 amide bonds. The minimum Gasteiger partial charge on any atom is -0.484 e. The molecule has 0 bridgehead atoms. The summed E-state index contributed by atoms with van der Waals surface area (Å²) in [5, 5.41) is 16.8. The lowest BCUT2D eigenvalue weighted by Crippen LogP contribution is -2.38. The number of carbonyl (C=O) groups excluding carboxylic acids is 2. The molecule has 1 heterocycles. The lowest BCUT2D eigenvalue weighted by molar-refractivity contribution is -0.119. The van der Waals surface area contributed by atoms with Crippen LogP contribution < -0.4 is 15.8 Å². The molecule has 1 aromatic carbocycles. The van der Waals surface area contributed by atoms with E-state index >= 15 is 0 Å². The highest BCUT2D eigenvalue weighted by Gasteiger charge is 2.24. The molecule has 0 fully saturated rings. The van der Waals surface area contributed by atoms with E-state index in [-0.39, 0.29) is 19.1 Å². The quantitative estimate of drug-likeness (QED) is 0.709. The Kier molecular flexibility index (Phi) is 5.36. The van der Waals surface area contributed by atoms with E-state index in [1.54, 1.807) is 31.2 Å². The standard InChI is InChI=1S/C16H18N2O4S/c1-16(21,12-6-7-23-9-12)10-18-15(20)11-2-4-13(5-3-11)22-8-14(17)19/h2-7,9,21H,8,10H2,1H3,(H2,17,19)(H,18,20)/t16-/m0/s1. The maximum absolute atomic E-state index is 12.1. The molecule has 0 aliphatic heterocycles. The van der Waals surface area contributed by atoms with Gasteiger partial charge in [0.25, 0.3) is 11.8 Å². The Labute approximate surface area is 137 Å². The second kappa shape index (κ2) is 7.26. The number of aliphatic hydroxyl groups is 1. The lowest BCUT2D eigenvalue weighted by atomic mass is 9.99. The summed E-state index contributed by atoms with van der Waals surface area (Å²) in [6, 6.07) is 8.13. The van der Waals surface area contributed by atoms with Gasteiger partial charge >= 0.3 is 0 Å². The van der Waals surface area contributed by atoms with Crippen LogP contribution in [0.15, 0.2) is 41.1 Å². The van der Waals surface area contributed by atoms with E-state index in [0.29, 0.717) is 11.3 Å². The topological polar surface area (TPSA) is 102 Å². The van der Waals surface area contributed by atoms with Gasteiger partial charge in [0, 0.05) is 5.56 Å². The van der Waals surface area contributed by atoms with Crippen molar-refractivity contribution in [1.82, 2.24) is 5.32 Å². The Morgan fingerprint density at radius 2 is 2.00 bits per heavy atom. The van der Waals surface area contributed by atoms with Crippen LogP contribution in [0.1, 0.15) is 22.8 Å². The van der Waals surface area contributed by atoms with E-state index in [1.807, 2.05) is 16.8 Å². The van der Waals surface area contributed by atoms with Crippen molar-refractivity contribution in [1.29, 1.82) is 0 Å². The third-order valence-electron chi connectivity index (χ3n) is 3.23. The summed E-state index contributed by atoms with van der Waals surface area (Å²) in [5.74, 6) is -0.421. The fourth-order valence-electron chi connectivity index (χ4n) is 1.88. The number of amides is 2. The summed E-state index contributed by atoms with van der Waals surface area (Å²) in [6.07, 6.45) is 0. The monoisotopic (exact) mass is 334 g/mol. The van der Waals surface area contributed by atoms with Gasteiger partial charge in [0.2, 0.25) is 0 Å². The van der Waals surface area contributed by atoms with Crippen molar-refractivity contribution < 1.29 is 19.4 Å². The van der Waals surface area contributed by atoms with E-state index in [0.717, 1.165) is 5.56 Å². The molecular formula is C16H18N2O4S. The van der Waals surface area contributed by atoms with Crippen LogP contribution in [0.2, 0.25) is 0 Å². The second-order valence-electron chi connectivity index (χ2n) is 5.25. The molecule has 122 valence electrons. The third kappa shape index (κ3) is 4.80. The van der Waals surface area contributed by atoms with Crippen LogP contribution in [0, 0.1) is 0 Å². The van der Waals surface area contributed by atoms with Crippen LogP contribution in [0.25, 0.3) is 0 Å². The zero-order valence-corrected chi connectivity index (χ0v) is 13.4. The second-order valence-corrected chi connectivity index (χ2v) is 6.03. The Balaban J connectivity index is 1.92. The zero-order chi connectivity index (χ0) is 16.9. The number of carbonyl (C=O) groups is 2. The number of primary amides is 1. The number of nitrogens with two attached hydrogens (primary N) is 1. The molecule has 0 saturated carbocycles. The van der Waals surface area contributed by atoms with Crippen LogP contribution in [-0.2, 0) is 10.4 Å². The Morgan fingerprint density at radius 1 is 1.30 bits per heavy atom. The Morgan fingerprint density at radius 3 is 2.57 bits per heavy atom.